The standard InChI is InChI=1S/C19H24N2O/c22-19(16-6-1-2-7-16)14-21-12-15-5-3-8-17(11-15)18-9-4-10-20-13-18/h3-5,8-11,13,16,19,21-22H,1-2,6-7,12,14H2. The largest absolute Gasteiger partial charge is 0.392 e. The monoisotopic (exact) mass is 296 g/mol. The summed E-state index contributed by atoms with van der Waals surface area (Å²) in [5, 5.41) is 13.6. The smallest absolute Gasteiger partial charge is 0.0692 e. The summed E-state index contributed by atoms with van der Waals surface area (Å²) < 4.78 is 0. The van der Waals surface area contributed by atoms with E-state index in [1.54, 1.807) is 6.20 Å². The van der Waals surface area contributed by atoms with E-state index in [1.807, 2.05) is 12.3 Å². The second-order valence-electron chi connectivity index (χ2n) is 6.18. The Morgan fingerprint density at radius 2 is 1.95 bits per heavy atom. The van der Waals surface area contributed by atoms with Crippen molar-refractivity contribution in [2.45, 2.75) is 38.3 Å². The minimum atomic E-state index is -0.205. The van der Waals surface area contributed by atoms with E-state index in [9.17, 15) is 5.11 Å². The molecule has 0 amide bonds. The minimum Gasteiger partial charge on any atom is -0.392 e. The number of aliphatic hydroxyl groups is 1. The molecule has 1 unspecified atom stereocenters. The molecule has 2 N–H and O–H groups in total. The Kier molecular flexibility index (Phi) is 5.20. The van der Waals surface area contributed by atoms with E-state index in [2.05, 4.69) is 40.6 Å². The van der Waals surface area contributed by atoms with Gasteiger partial charge in [-0.2, -0.15) is 0 Å². The van der Waals surface area contributed by atoms with Crippen molar-refractivity contribution in [2.24, 2.45) is 5.92 Å². The Morgan fingerprint density at radius 3 is 2.73 bits per heavy atom. The summed E-state index contributed by atoms with van der Waals surface area (Å²) >= 11 is 0. The van der Waals surface area contributed by atoms with Crippen molar-refractivity contribution in [3.63, 3.8) is 0 Å². The fraction of sp³-hybridized carbons (Fsp3) is 0.421. The van der Waals surface area contributed by atoms with Crippen LogP contribution in [0.3, 0.4) is 0 Å². The molecule has 1 aromatic carbocycles. The van der Waals surface area contributed by atoms with E-state index >= 15 is 0 Å². The molecular formula is C19H24N2O. The van der Waals surface area contributed by atoms with Crippen LogP contribution in [0.25, 0.3) is 11.1 Å². The molecule has 0 saturated heterocycles. The van der Waals surface area contributed by atoms with Crippen LogP contribution in [0, 0.1) is 5.92 Å². The fourth-order valence-electron chi connectivity index (χ4n) is 3.27. The number of nitrogens with zero attached hydrogens (tertiary/aromatic N) is 1. The van der Waals surface area contributed by atoms with Crippen molar-refractivity contribution in [1.82, 2.24) is 10.3 Å². The first-order valence-electron chi connectivity index (χ1n) is 8.21. The molecule has 1 aromatic heterocycles. The lowest BCUT2D eigenvalue weighted by molar-refractivity contribution is 0.109. The molecular weight excluding hydrogens is 272 g/mol. The fourth-order valence-corrected chi connectivity index (χ4v) is 3.27. The van der Waals surface area contributed by atoms with Gasteiger partial charge in [-0.15, -0.1) is 0 Å². The van der Waals surface area contributed by atoms with Gasteiger partial charge in [-0.05, 0) is 47.6 Å². The van der Waals surface area contributed by atoms with E-state index in [0.29, 0.717) is 12.5 Å². The number of hydrogen-bond acceptors (Lipinski definition) is 3. The molecule has 0 radical (unpaired) electrons. The Bertz CT molecular complexity index is 579. The van der Waals surface area contributed by atoms with Gasteiger partial charge in [-0.1, -0.05) is 37.1 Å². The summed E-state index contributed by atoms with van der Waals surface area (Å²) in [5.41, 5.74) is 3.55. The van der Waals surface area contributed by atoms with E-state index < -0.39 is 0 Å². The molecule has 0 bridgehead atoms. The molecule has 3 heteroatoms. The second kappa shape index (κ2) is 7.52. The minimum absolute atomic E-state index is 0.205. The highest BCUT2D eigenvalue weighted by atomic mass is 16.3. The third kappa shape index (κ3) is 3.93. The Hall–Kier alpha value is -1.71. The number of nitrogens with one attached hydrogen (secondary N) is 1. The summed E-state index contributed by atoms with van der Waals surface area (Å²) in [7, 11) is 0. The number of aromatic nitrogens is 1. The van der Waals surface area contributed by atoms with Gasteiger partial charge in [-0.25, -0.2) is 0 Å². The molecule has 1 aliphatic rings. The molecule has 3 nitrogen and oxygen atoms in total. The normalized spacial score (nSPS) is 16.8. The van der Waals surface area contributed by atoms with Gasteiger partial charge >= 0.3 is 0 Å². The molecule has 1 saturated carbocycles. The summed E-state index contributed by atoms with van der Waals surface area (Å²) in [6.07, 6.45) is 8.38. The van der Waals surface area contributed by atoms with Gasteiger partial charge < -0.3 is 10.4 Å². The zero-order valence-corrected chi connectivity index (χ0v) is 12.9. The molecule has 0 spiro atoms. The quantitative estimate of drug-likeness (QED) is 0.859. The summed E-state index contributed by atoms with van der Waals surface area (Å²) in [6.45, 7) is 1.47. The molecule has 1 fully saturated rings. The Labute approximate surface area is 132 Å². The van der Waals surface area contributed by atoms with Crippen LogP contribution in [-0.4, -0.2) is 22.7 Å². The predicted molar refractivity (Wildman–Crippen MR) is 89.3 cm³/mol. The first kappa shape index (κ1) is 15.2. The van der Waals surface area contributed by atoms with E-state index in [1.165, 1.54) is 36.8 Å². The lowest BCUT2D eigenvalue weighted by Crippen LogP contribution is -2.31. The lowest BCUT2D eigenvalue weighted by Gasteiger charge is -2.18. The molecule has 3 rings (SSSR count). The summed E-state index contributed by atoms with van der Waals surface area (Å²) in [6, 6.07) is 12.5. The van der Waals surface area contributed by atoms with E-state index in [4.69, 9.17) is 0 Å². The molecule has 0 aliphatic heterocycles. The highest BCUT2D eigenvalue weighted by Crippen LogP contribution is 2.27. The third-order valence-corrected chi connectivity index (χ3v) is 4.55. The van der Waals surface area contributed by atoms with E-state index in [-0.39, 0.29) is 6.10 Å². The van der Waals surface area contributed by atoms with E-state index in [0.717, 1.165) is 12.1 Å². The lowest BCUT2D eigenvalue weighted by atomic mass is 10.0. The van der Waals surface area contributed by atoms with Gasteiger partial charge in [0, 0.05) is 25.5 Å². The van der Waals surface area contributed by atoms with Crippen LogP contribution >= 0.6 is 0 Å². The molecule has 1 aliphatic carbocycles. The maximum Gasteiger partial charge on any atom is 0.0692 e. The van der Waals surface area contributed by atoms with Crippen LogP contribution in [0.2, 0.25) is 0 Å². The molecule has 2 aromatic rings. The highest BCUT2D eigenvalue weighted by molar-refractivity contribution is 5.62. The van der Waals surface area contributed by atoms with Gasteiger partial charge in [0.15, 0.2) is 0 Å². The summed E-state index contributed by atoms with van der Waals surface area (Å²) in [5.74, 6) is 0.495. The number of aliphatic hydroxyl groups excluding tert-OH is 1. The van der Waals surface area contributed by atoms with Crippen LogP contribution in [-0.2, 0) is 6.54 Å². The first-order chi connectivity index (χ1) is 10.8. The van der Waals surface area contributed by atoms with Crippen molar-refractivity contribution < 1.29 is 5.11 Å². The summed E-state index contributed by atoms with van der Waals surface area (Å²) in [4.78, 5) is 4.17. The van der Waals surface area contributed by atoms with Crippen LogP contribution in [0.1, 0.15) is 31.2 Å². The maximum atomic E-state index is 10.2. The molecule has 1 atom stereocenters. The predicted octanol–water partition coefficient (Wildman–Crippen LogP) is 3.39. The second-order valence-corrected chi connectivity index (χ2v) is 6.18. The van der Waals surface area contributed by atoms with Crippen molar-refractivity contribution in [1.29, 1.82) is 0 Å². The number of rotatable bonds is 6. The van der Waals surface area contributed by atoms with Gasteiger partial charge in [0.1, 0.15) is 0 Å². The SMILES string of the molecule is OC(CNCc1cccc(-c2cccnc2)c1)C1CCCC1. The molecule has 1 heterocycles. The topological polar surface area (TPSA) is 45.1 Å². The zero-order valence-electron chi connectivity index (χ0n) is 12.9. The van der Waals surface area contributed by atoms with Crippen molar-refractivity contribution in [3.05, 3.63) is 54.4 Å². The maximum absolute atomic E-state index is 10.2. The van der Waals surface area contributed by atoms with Crippen molar-refractivity contribution in [2.75, 3.05) is 6.54 Å². The van der Waals surface area contributed by atoms with Crippen LogP contribution in [0.15, 0.2) is 48.8 Å². The Balaban J connectivity index is 1.54. The zero-order chi connectivity index (χ0) is 15.2. The highest BCUT2D eigenvalue weighted by Gasteiger charge is 2.22. The third-order valence-electron chi connectivity index (χ3n) is 4.55. The van der Waals surface area contributed by atoms with Crippen LogP contribution in [0.4, 0.5) is 0 Å². The average Bonchev–Trinajstić information content (AvgIpc) is 3.10. The van der Waals surface area contributed by atoms with Gasteiger partial charge in [0.2, 0.25) is 0 Å². The first-order valence-corrected chi connectivity index (χ1v) is 8.21. The van der Waals surface area contributed by atoms with Crippen molar-refractivity contribution >= 4 is 0 Å². The number of benzene rings is 1. The van der Waals surface area contributed by atoms with Gasteiger partial charge in [0.25, 0.3) is 0 Å². The van der Waals surface area contributed by atoms with Gasteiger partial charge in [0.05, 0.1) is 6.10 Å². The average molecular weight is 296 g/mol. The number of pyridine rings is 1. The molecule has 22 heavy (non-hydrogen) atoms. The van der Waals surface area contributed by atoms with Gasteiger partial charge in [-0.3, -0.25) is 4.98 Å². The Morgan fingerprint density at radius 1 is 1.14 bits per heavy atom. The molecule has 116 valence electrons. The number of hydrogen-bond donors (Lipinski definition) is 2. The van der Waals surface area contributed by atoms with Crippen LogP contribution in [0.5, 0.6) is 0 Å². The van der Waals surface area contributed by atoms with Crippen molar-refractivity contribution in [3.8, 4) is 11.1 Å². The van der Waals surface area contributed by atoms with Crippen LogP contribution < -0.4 is 5.32 Å².